The number of H-pyrrole nitrogens is 1. The molecule has 3 aromatic heterocycles. The summed E-state index contributed by atoms with van der Waals surface area (Å²) in [7, 11) is 0. The molecule has 138 valence electrons. The zero-order chi connectivity index (χ0) is 19.1. The highest BCUT2D eigenvalue weighted by Crippen LogP contribution is 2.39. The molecule has 0 saturated heterocycles. The van der Waals surface area contributed by atoms with Gasteiger partial charge in [0.05, 0.1) is 23.8 Å². The standard InChI is InChI=1S/C22H19N5S/c1-3-4-17-13-27-19(12-24-21(27)22(25-17)28-2)15-7-5-14(6-8-15)18-11-23-20(26-18)16-9-10-16/h5-8,11-13,16H,9-10H2,1-2H3,(H,23,26). The first-order valence-electron chi connectivity index (χ1n) is 9.27. The number of aromatic nitrogens is 5. The molecule has 0 spiro atoms. The molecule has 1 aliphatic rings. The second kappa shape index (κ2) is 6.84. The van der Waals surface area contributed by atoms with Crippen molar-refractivity contribution in [3.63, 3.8) is 0 Å². The number of hydrogen-bond acceptors (Lipinski definition) is 4. The van der Waals surface area contributed by atoms with Crippen LogP contribution in [0.25, 0.3) is 28.2 Å². The zero-order valence-electron chi connectivity index (χ0n) is 15.7. The number of fused-ring (bicyclic) bond motifs is 1. The monoisotopic (exact) mass is 385 g/mol. The molecule has 3 heterocycles. The molecule has 1 aromatic carbocycles. The number of thioether (sulfide) groups is 1. The highest BCUT2D eigenvalue weighted by molar-refractivity contribution is 7.98. The number of nitrogens with zero attached hydrogens (tertiary/aromatic N) is 4. The van der Waals surface area contributed by atoms with E-state index < -0.39 is 0 Å². The average Bonchev–Trinajstić information content (AvgIpc) is 3.30. The van der Waals surface area contributed by atoms with Gasteiger partial charge in [-0.3, -0.25) is 4.40 Å². The fraction of sp³-hybridized carbons (Fsp3) is 0.227. The predicted octanol–water partition coefficient (Wildman–Crippen LogP) is 4.76. The summed E-state index contributed by atoms with van der Waals surface area (Å²) in [6.45, 7) is 1.82. The van der Waals surface area contributed by atoms with Crippen LogP contribution in [0, 0.1) is 11.8 Å². The maximum absolute atomic E-state index is 4.59. The SMILES string of the molecule is CC#Cc1cn2c(-c3ccc(-c4cnc(C5CC5)[nH]4)cc3)cnc2c(SC)n1. The quantitative estimate of drug-likeness (QED) is 0.407. The molecule has 0 amide bonds. The summed E-state index contributed by atoms with van der Waals surface area (Å²) in [6.07, 6.45) is 10.3. The summed E-state index contributed by atoms with van der Waals surface area (Å²) in [5, 5.41) is 0.883. The molecule has 4 aromatic rings. The topological polar surface area (TPSA) is 58.9 Å². The van der Waals surface area contributed by atoms with Crippen LogP contribution >= 0.6 is 11.8 Å². The van der Waals surface area contributed by atoms with Gasteiger partial charge in [-0.1, -0.05) is 30.2 Å². The average molecular weight is 385 g/mol. The fourth-order valence-electron chi connectivity index (χ4n) is 3.37. The van der Waals surface area contributed by atoms with Gasteiger partial charge in [0.2, 0.25) is 0 Å². The second-order valence-corrected chi connectivity index (χ2v) is 7.68. The van der Waals surface area contributed by atoms with E-state index in [1.54, 1.807) is 11.8 Å². The molecule has 0 aliphatic heterocycles. The lowest BCUT2D eigenvalue weighted by atomic mass is 10.1. The van der Waals surface area contributed by atoms with E-state index in [0.717, 1.165) is 44.7 Å². The van der Waals surface area contributed by atoms with Gasteiger partial charge in [0.25, 0.3) is 0 Å². The highest BCUT2D eigenvalue weighted by atomic mass is 32.2. The molecule has 0 radical (unpaired) electrons. The van der Waals surface area contributed by atoms with Crippen LogP contribution in [0.4, 0.5) is 0 Å². The van der Waals surface area contributed by atoms with Crippen LogP contribution in [0.5, 0.6) is 0 Å². The lowest BCUT2D eigenvalue weighted by Crippen LogP contribution is -1.96. The van der Waals surface area contributed by atoms with Gasteiger partial charge in [-0.15, -0.1) is 11.8 Å². The third kappa shape index (κ3) is 2.98. The van der Waals surface area contributed by atoms with Crippen molar-refractivity contribution >= 4 is 17.4 Å². The van der Waals surface area contributed by atoms with E-state index in [0.29, 0.717) is 5.92 Å². The molecule has 1 aliphatic carbocycles. The van der Waals surface area contributed by atoms with Gasteiger partial charge in [-0.05, 0) is 37.5 Å². The summed E-state index contributed by atoms with van der Waals surface area (Å²) in [5.41, 5.74) is 5.95. The van der Waals surface area contributed by atoms with Crippen LogP contribution in [0.15, 0.2) is 47.9 Å². The number of nitrogens with one attached hydrogen (secondary N) is 1. The second-order valence-electron chi connectivity index (χ2n) is 6.88. The van der Waals surface area contributed by atoms with Gasteiger partial charge < -0.3 is 4.98 Å². The van der Waals surface area contributed by atoms with Crippen molar-refractivity contribution in [2.45, 2.75) is 30.7 Å². The van der Waals surface area contributed by atoms with Crippen molar-refractivity contribution < 1.29 is 0 Å². The van der Waals surface area contributed by atoms with Crippen LogP contribution in [0.1, 0.15) is 37.2 Å². The smallest absolute Gasteiger partial charge is 0.170 e. The Morgan fingerprint density at radius 1 is 1.11 bits per heavy atom. The minimum Gasteiger partial charge on any atom is -0.342 e. The maximum atomic E-state index is 4.59. The van der Waals surface area contributed by atoms with Gasteiger partial charge in [-0.2, -0.15) is 0 Å². The van der Waals surface area contributed by atoms with Gasteiger partial charge in [0.1, 0.15) is 16.5 Å². The van der Waals surface area contributed by atoms with Gasteiger partial charge in [-0.25, -0.2) is 15.0 Å². The minimum absolute atomic E-state index is 0.630. The molecule has 1 fully saturated rings. The maximum Gasteiger partial charge on any atom is 0.170 e. The van der Waals surface area contributed by atoms with Crippen LogP contribution in [-0.4, -0.2) is 30.6 Å². The summed E-state index contributed by atoms with van der Waals surface area (Å²) in [5.74, 6) is 7.73. The Hall–Kier alpha value is -3.04. The molecule has 5 rings (SSSR count). The Morgan fingerprint density at radius 3 is 2.61 bits per heavy atom. The van der Waals surface area contributed by atoms with Crippen LogP contribution in [0.2, 0.25) is 0 Å². The molecular weight excluding hydrogens is 366 g/mol. The molecular formula is C22H19N5S. The van der Waals surface area contributed by atoms with Crippen LogP contribution in [-0.2, 0) is 0 Å². The van der Waals surface area contributed by atoms with Crippen molar-refractivity contribution in [2.75, 3.05) is 6.26 Å². The van der Waals surface area contributed by atoms with Crippen molar-refractivity contribution in [1.82, 2.24) is 24.3 Å². The van der Waals surface area contributed by atoms with Gasteiger partial charge >= 0.3 is 0 Å². The zero-order valence-corrected chi connectivity index (χ0v) is 16.5. The predicted molar refractivity (Wildman–Crippen MR) is 112 cm³/mol. The molecule has 0 atom stereocenters. The summed E-state index contributed by atoms with van der Waals surface area (Å²) < 4.78 is 2.08. The van der Waals surface area contributed by atoms with E-state index in [-0.39, 0.29) is 0 Å². The number of hydrogen-bond donors (Lipinski definition) is 1. The van der Waals surface area contributed by atoms with Crippen LogP contribution in [0.3, 0.4) is 0 Å². The Kier molecular flexibility index (Phi) is 4.18. The summed E-state index contributed by atoms with van der Waals surface area (Å²) in [6, 6.07) is 8.51. The lowest BCUT2D eigenvalue weighted by Gasteiger charge is -2.06. The molecule has 0 bridgehead atoms. The van der Waals surface area contributed by atoms with Gasteiger partial charge in [0.15, 0.2) is 5.65 Å². The van der Waals surface area contributed by atoms with E-state index >= 15 is 0 Å². The van der Waals surface area contributed by atoms with E-state index in [1.165, 1.54) is 12.8 Å². The van der Waals surface area contributed by atoms with Crippen molar-refractivity contribution in [2.24, 2.45) is 0 Å². The molecule has 0 unspecified atom stereocenters. The van der Waals surface area contributed by atoms with Crippen molar-refractivity contribution in [3.8, 4) is 34.4 Å². The molecule has 5 nitrogen and oxygen atoms in total. The first-order valence-corrected chi connectivity index (χ1v) is 10.5. The Labute approximate surface area is 167 Å². The molecule has 28 heavy (non-hydrogen) atoms. The number of rotatable bonds is 4. The first-order chi connectivity index (χ1) is 13.8. The third-order valence-electron chi connectivity index (χ3n) is 4.96. The van der Waals surface area contributed by atoms with E-state index in [1.807, 2.05) is 31.8 Å². The molecule has 1 N–H and O–H groups in total. The summed E-state index contributed by atoms with van der Waals surface area (Å²) >= 11 is 1.58. The van der Waals surface area contributed by atoms with E-state index in [2.05, 4.69) is 60.4 Å². The fourth-order valence-corrected chi connectivity index (χ4v) is 3.89. The number of benzene rings is 1. The minimum atomic E-state index is 0.630. The van der Waals surface area contributed by atoms with E-state index in [9.17, 15) is 0 Å². The Balaban J connectivity index is 1.53. The first kappa shape index (κ1) is 17.1. The third-order valence-corrected chi connectivity index (χ3v) is 5.62. The largest absolute Gasteiger partial charge is 0.342 e. The van der Waals surface area contributed by atoms with Crippen molar-refractivity contribution in [1.29, 1.82) is 0 Å². The highest BCUT2D eigenvalue weighted by Gasteiger charge is 2.26. The lowest BCUT2D eigenvalue weighted by molar-refractivity contribution is 0.977. The Morgan fingerprint density at radius 2 is 1.89 bits per heavy atom. The number of imidazole rings is 2. The van der Waals surface area contributed by atoms with Gasteiger partial charge in [0, 0.05) is 17.7 Å². The van der Waals surface area contributed by atoms with Crippen LogP contribution < -0.4 is 0 Å². The molecule has 6 heteroatoms. The Bertz CT molecular complexity index is 1220. The number of aromatic amines is 1. The normalized spacial score (nSPS) is 13.5. The van der Waals surface area contributed by atoms with E-state index in [4.69, 9.17) is 0 Å². The summed E-state index contributed by atoms with van der Waals surface area (Å²) in [4.78, 5) is 17.2. The molecule has 1 saturated carbocycles. The van der Waals surface area contributed by atoms with Crippen molar-refractivity contribution in [3.05, 3.63) is 54.4 Å².